The molecular weight excluding hydrogens is 378 g/mol. The average molecular weight is 398 g/mol. The van der Waals surface area contributed by atoms with E-state index in [9.17, 15) is 31.1 Å². The highest BCUT2D eigenvalue weighted by Gasteiger charge is 2.32. The van der Waals surface area contributed by atoms with E-state index in [0.717, 1.165) is 31.4 Å². The summed E-state index contributed by atoms with van der Waals surface area (Å²) in [5.41, 5.74) is -0.452. The van der Waals surface area contributed by atoms with Gasteiger partial charge in [-0.2, -0.15) is 26.3 Å². The van der Waals surface area contributed by atoms with Crippen molar-refractivity contribution in [3.05, 3.63) is 23.8 Å². The van der Waals surface area contributed by atoms with Gasteiger partial charge >= 0.3 is 12.4 Å². The van der Waals surface area contributed by atoms with Crippen LogP contribution in [0.15, 0.2) is 18.2 Å². The Morgan fingerprint density at radius 1 is 1.07 bits per heavy atom. The van der Waals surface area contributed by atoms with Gasteiger partial charge in [0.1, 0.15) is 6.61 Å². The first kappa shape index (κ1) is 21.3. The number of halogens is 6. The first-order valence-electron chi connectivity index (χ1n) is 8.47. The van der Waals surface area contributed by atoms with Gasteiger partial charge in [-0.3, -0.25) is 4.79 Å². The number of alkyl halides is 6. The van der Waals surface area contributed by atoms with Crippen LogP contribution in [0, 0.1) is 0 Å². The van der Waals surface area contributed by atoms with Crippen molar-refractivity contribution in [1.82, 2.24) is 0 Å². The Balaban J connectivity index is 2.08. The predicted molar refractivity (Wildman–Crippen MR) is 87.6 cm³/mol. The highest BCUT2D eigenvalue weighted by Crippen LogP contribution is 2.36. The lowest BCUT2D eigenvalue weighted by Crippen LogP contribution is -2.30. The Hall–Kier alpha value is -1.97. The molecule has 1 aliphatic heterocycles. The molecule has 1 fully saturated rings. The van der Waals surface area contributed by atoms with Crippen LogP contribution in [0.4, 0.5) is 37.7 Å². The van der Waals surface area contributed by atoms with Crippen molar-refractivity contribution < 1.29 is 35.9 Å². The molecule has 1 heterocycles. The van der Waals surface area contributed by atoms with Crippen LogP contribution in [0.5, 0.6) is 0 Å². The molecule has 1 aliphatic rings. The molecule has 0 spiro atoms. The number of rotatable bonds is 6. The van der Waals surface area contributed by atoms with Crippen LogP contribution in [-0.4, -0.2) is 38.4 Å². The zero-order valence-electron chi connectivity index (χ0n) is 14.4. The molecule has 0 radical (unpaired) electrons. The molecule has 0 aliphatic carbocycles. The molecular formula is C17H20F6N2O2. The van der Waals surface area contributed by atoms with E-state index in [1.54, 1.807) is 0 Å². The van der Waals surface area contributed by atoms with E-state index in [1.165, 1.54) is 6.07 Å². The van der Waals surface area contributed by atoms with Crippen LogP contribution >= 0.6 is 0 Å². The molecule has 0 atom stereocenters. The van der Waals surface area contributed by atoms with Gasteiger partial charge < -0.3 is 15.0 Å². The molecule has 1 saturated heterocycles. The molecule has 1 aromatic rings. The summed E-state index contributed by atoms with van der Waals surface area (Å²) in [7, 11) is 0. The lowest BCUT2D eigenvalue weighted by Gasteiger charge is -2.31. The lowest BCUT2D eigenvalue weighted by molar-refractivity contribution is -0.174. The number of hydrogen-bond acceptors (Lipinski definition) is 3. The lowest BCUT2D eigenvalue weighted by atomic mass is 10.1. The average Bonchev–Trinajstić information content (AvgIpc) is 2.58. The molecule has 1 amide bonds. The molecule has 0 aromatic heterocycles. The fourth-order valence-corrected chi connectivity index (χ4v) is 2.79. The number of piperidine rings is 1. The number of anilines is 2. The van der Waals surface area contributed by atoms with E-state index in [2.05, 4.69) is 10.1 Å². The van der Waals surface area contributed by atoms with Crippen LogP contribution in [0.2, 0.25) is 0 Å². The fourth-order valence-electron chi connectivity index (χ4n) is 2.79. The van der Waals surface area contributed by atoms with Crippen LogP contribution < -0.4 is 10.2 Å². The van der Waals surface area contributed by atoms with Gasteiger partial charge in [-0.25, -0.2) is 0 Å². The van der Waals surface area contributed by atoms with Crippen LogP contribution in [0.3, 0.4) is 0 Å². The summed E-state index contributed by atoms with van der Waals surface area (Å²) in [6, 6.07) is 3.11. The van der Waals surface area contributed by atoms with Gasteiger partial charge in [0, 0.05) is 13.1 Å². The molecule has 27 heavy (non-hydrogen) atoms. The molecule has 1 N–H and O–H groups in total. The number of carbonyl (C=O) groups is 1. The largest absolute Gasteiger partial charge is 0.416 e. The maximum Gasteiger partial charge on any atom is 0.416 e. The number of amides is 1. The quantitative estimate of drug-likeness (QED) is 0.562. The third-order valence-corrected chi connectivity index (χ3v) is 4.03. The Kier molecular flexibility index (Phi) is 6.96. The number of benzene rings is 1. The summed E-state index contributed by atoms with van der Waals surface area (Å²) < 4.78 is 79.3. The van der Waals surface area contributed by atoms with Crippen LogP contribution in [0.25, 0.3) is 0 Å². The van der Waals surface area contributed by atoms with Crippen molar-refractivity contribution in [3.63, 3.8) is 0 Å². The zero-order chi connectivity index (χ0) is 20.1. The molecule has 152 valence electrons. The third kappa shape index (κ3) is 6.93. The van der Waals surface area contributed by atoms with Gasteiger partial charge in [0.05, 0.1) is 30.0 Å². The van der Waals surface area contributed by atoms with Gasteiger partial charge in [-0.1, -0.05) is 0 Å². The van der Waals surface area contributed by atoms with Crippen molar-refractivity contribution >= 4 is 17.3 Å². The SMILES string of the molecule is O=C(CCOCC(F)(F)F)Nc1cc(C(F)(F)F)ccc1N1CCCCC1. The molecule has 10 heteroatoms. The summed E-state index contributed by atoms with van der Waals surface area (Å²) >= 11 is 0. The Morgan fingerprint density at radius 2 is 1.74 bits per heavy atom. The van der Waals surface area contributed by atoms with Gasteiger partial charge in [-0.05, 0) is 37.5 Å². The van der Waals surface area contributed by atoms with Gasteiger partial charge in [0.15, 0.2) is 0 Å². The standard InChI is InChI=1S/C17H20F6N2O2/c18-16(19,20)11-27-9-6-15(26)24-13-10-12(17(21,22)23)4-5-14(13)25-7-2-1-3-8-25/h4-5,10H,1-3,6-9,11H2,(H,24,26). The van der Waals surface area contributed by atoms with E-state index < -0.39 is 43.5 Å². The Bertz CT molecular complexity index is 639. The van der Waals surface area contributed by atoms with Crippen LogP contribution in [0.1, 0.15) is 31.2 Å². The predicted octanol–water partition coefficient (Wildman–Crippen LogP) is 4.60. The summed E-state index contributed by atoms with van der Waals surface area (Å²) in [6.07, 6.45) is -6.67. The molecule has 0 unspecified atom stereocenters. The molecule has 0 saturated carbocycles. The van der Waals surface area contributed by atoms with E-state index in [0.29, 0.717) is 18.8 Å². The summed E-state index contributed by atoms with van der Waals surface area (Å²) in [5, 5.41) is 2.38. The summed E-state index contributed by atoms with van der Waals surface area (Å²) in [6.45, 7) is -0.655. The second-order valence-corrected chi connectivity index (χ2v) is 6.24. The molecule has 4 nitrogen and oxygen atoms in total. The number of carbonyl (C=O) groups excluding carboxylic acids is 1. The highest BCUT2D eigenvalue weighted by atomic mass is 19.4. The first-order valence-corrected chi connectivity index (χ1v) is 8.47. The summed E-state index contributed by atoms with van der Waals surface area (Å²) in [5.74, 6) is -0.713. The van der Waals surface area contributed by atoms with E-state index in [1.807, 2.05) is 4.90 Å². The van der Waals surface area contributed by atoms with Crippen molar-refractivity contribution in [2.24, 2.45) is 0 Å². The minimum absolute atomic E-state index is 0.00690. The minimum atomic E-state index is -4.57. The molecule has 2 rings (SSSR count). The summed E-state index contributed by atoms with van der Waals surface area (Å²) in [4.78, 5) is 13.8. The van der Waals surface area contributed by atoms with E-state index in [4.69, 9.17) is 0 Å². The van der Waals surface area contributed by atoms with Gasteiger partial charge in [0.2, 0.25) is 5.91 Å². The smallest absolute Gasteiger partial charge is 0.372 e. The van der Waals surface area contributed by atoms with Crippen LogP contribution in [-0.2, 0) is 15.7 Å². The number of ether oxygens (including phenoxy) is 1. The van der Waals surface area contributed by atoms with Gasteiger partial charge in [0.25, 0.3) is 0 Å². The Morgan fingerprint density at radius 3 is 2.33 bits per heavy atom. The Labute approximate surface area is 152 Å². The maximum absolute atomic E-state index is 13.0. The van der Waals surface area contributed by atoms with Crippen molar-refractivity contribution in [2.45, 2.75) is 38.0 Å². The second kappa shape index (κ2) is 8.81. The normalized spacial score (nSPS) is 15.7. The third-order valence-electron chi connectivity index (χ3n) is 4.03. The fraction of sp³-hybridized carbons (Fsp3) is 0.588. The van der Waals surface area contributed by atoms with E-state index in [-0.39, 0.29) is 5.69 Å². The first-order chi connectivity index (χ1) is 12.6. The maximum atomic E-state index is 13.0. The second-order valence-electron chi connectivity index (χ2n) is 6.24. The number of nitrogens with one attached hydrogen (secondary N) is 1. The molecule has 1 aromatic carbocycles. The number of nitrogens with zero attached hydrogens (tertiary/aromatic N) is 1. The minimum Gasteiger partial charge on any atom is -0.372 e. The monoisotopic (exact) mass is 398 g/mol. The molecule has 0 bridgehead atoms. The number of hydrogen-bond donors (Lipinski definition) is 1. The topological polar surface area (TPSA) is 41.6 Å². The van der Waals surface area contributed by atoms with Crippen molar-refractivity contribution in [2.75, 3.05) is 36.5 Å². The van der Waals surface area contributed by atoms with Gasteiger partial charge in [-0.15, -0.1) is 0 Å². The zero-order valence-corrected chi connectivity index (χ0v) is 14.4. The van der Waals surface area contributed by atoms with E-state index >= 15 is 0 Å². The van der Waals surface area contributed by atoms with Crippen molar-refractivity contribution in [1.29, 1.82) is 0 Å². The highest BCUT2D eigenvalue weighted by molar-refractivity contribution is 5.94. The van der Waals surface area contributed by atoms with Crippen molar-refractivity contribution in [3.8, 4) is 0 Å².